The van der Waals surface area contributed by atoms with Crippen LogP contribution in [0.25, 0.3) is 5.69 Å². The number of cyclic esters (lactones) is 1. The number of benzene rings is 1. The lowest BCUT2D eigenvalue weighted by atomic mass is 10.1. The number of carbonyl (C=O) groups is 2. The normalized spacial score (nSPS) is 19.4. The van der Waals surface area contributed by atoms with Crippen molar-refractivity contribution >= 4 is 40.6 Å². The van der Waals surface area contributed by atoms with Gasteiger partial charge in [0, 0.05) is 24.9 Å². The molecule has 164 valence electrons. The minimum atomic E-state index is -0.531. The molecule has 5 rings (SSSR count). The zero-order valence-corrected chi connectivity index (χ0v) is 18.1. The van der Waals surface area contributed by atoms with Crippen LogP contribution in [0.1, 0.15) is 16.1 Å². The van der Waals surface area contributed by atoms with Gasteiger partial charge in [-0.2, -0.15) is 0 Å². The molecule has 2 amide bonds. The third kappa shape index (κ3) is 3.71. The topological polar surface area (TPSA) is 103 Å². The third-order valence-electron chi connectivity index (χ3n) is 5.34. The van der Waals surface area contributed by atoms with Gasteiger partial charge in [-0.05, 0) is 30.3 Å². The van der Waals surface area contributed by atoms with Crippen molar-refractivity contribution in [2.45, 2.75) is 18.6 Å². The molecule has 1 saturated heterocycles. The van der Waals surface area contributed by atoms with Gasteiger partial charge in [-0.1, -0.05) is 11.6 Å². The number of amides is 2. The summed E-state index contributed by atoms with van der Waals surface area (Å²) in [5.41, 5.74) is 0.714. The van der Waals surface area contributed by atoms with Crippen molar-refractivity contribution in [2.24, 2.45) is 0 Å². The molecule has 3 aromatic rings. The lowest BCUT2D eigenvalue weighted by Crippen LogP contribution is -2.42. The zero-order valence-electron chi connectivity index (χ0n) is 16.6. The first-order chi connectivity index (χ1) is 15.5. The number of carbonyl (C=O) groups excluding carboxylic acids is 2. The summed E-state index contributed by atoms with van der Waals surface area (Å²) in [6.07, 6.45) is 2.52. The highest BCUT2D eigenvalue weighted by Crippen LogP contribution is 2.39. The second kappa shape index (κ2) is 8.29. The van der Waals surface area contributed by atoms with Crippen molar-refractivity contribution in [3.8, 4) is 11.4 Å². The van der Waals surface area contributed by atoms with Crippen molar-refractivity contribution < 1.29 is 19.1 Å². The highest BCUT2D eigenvalue weighted by molar-refractivity contribution is 7.18. The average Bonchev–Trinajstić information content (AvgIpc) is 3.29. The summed E-state index contributed by atoms with van der Waals surface area (Å²) in [7, 11) is 0. The summed E-state index contributed by atoms with van der Waals surface area (Å²) in [5, 5.41) is 2.81. The summed E-state index contributed by atoms with van der Waals surface area (Å²) in [4.78, 5) is 42.9. The molecular formula is C21H17ClN4O5S. The molecule has 2 atom stereocenters. The van der Waals surface area contributed by atoms with Crippen molar-refractivity contribution in [3.05, 3.63) is 68.5 Å². The van der Waals surface area contributed by atoms with Crippen molar-refractivity contribution in [1.29, 1.82) is 0 Å². The van der Waals surface area contributed by atoms with E-state index in [1.54, 1.807) is 47.5 Å². The van der Waals surface area contributed by atoms with E-state index in [2.05, 4.69) is 10.3 Å². The highest BCUT2D eigenvalue weighted by atomic mass is 35.5. The Morgan fingerprint density at radius 1 is 1.28 bits per heavy atom. The molecule has 2 aromatic heterocycles. The number of fused-ring (bicyclic) bond motifs is 3. The van der Waals surface area contributed by atoms with Gasteiger partial charge >= 0.3 is 11.8 Å². The number of anilines is 1. The van der Waals surface area contributed by atoms with E-state index in [9.17, 15) is 14.4 Å². The number of hydrogen-bond donors (Lipinski definition) is 1. The maximum Gasteiger partial charge on any atom is 0.415 e. The Labute approximate surface area is 191 Å². The molecule has 0 saturated carbocycles. The van der Waals surface area contributed by atoms with Crippen LogP contribution >= 0.6 is 22.9 Å². The summed E-state index contributed by atoms with van der Waals surface area (Å²) in [5.74, 6) is 0.198. The quantitative estimate of drug-likeness (QED) is 0.626. The van der Waals surface area contributed by atoms with Gasteiger partial charge < -0.3 is 14.8 Å². The van der Waals surface area contributed by atoms with Crippen LogP contribution in [0.15, 0.2) is 53.6 Å². The maximum atomic E-state index is 12.7. The van der Waals surface area contributed by atoms with Crippen molar-refractivity contribution in [2.75, 3.05) is 18.1 Å². The molecule has 9 nitrogen and oxygen atoms in total. The molecule has 2 aliphatic heterocycles. The van der Waals surface area contributed by atoms with Crippen LogP contribution in [0.5, 0.6) is 5.75 Å². The molecule has 0 radical (unpaired) electrons. The zero-order chi connectivity index (χ0) is 22.2. The first-order valence-corrected chi connectivity index (χ1v) is 11.0. The lowest BCUT2D eigenvalue weighted by Gasteiger charge is -2.22. The number of nitrogens with one attached hydrogen (secondary N) is 1. The third-order valence-corrected chi connectivity index (χ3v) is 6.56. The Morgan fingerprint density at radius 2 is 2.16 bits per heavy atom. The molecule has 0 spiro atoms. The number of aromatic nitrogens is 2. The van der Waals surface area contributed by atoms with Gasteiger partial charge in [0.25, 0.3) is 5.91 Å². The van der Waals surface area contributed by atoms with E-state index in [0.29, 0.717) is 39.4 Å². The first-order valence-electron chi connectivity index (χ1n) is 9.85. The monoisotopic (exact) mass is 472 g/mol. The Kier molecular flexibility index (Phi) is 5.32. The van der Waals surface area contributed by atoms with Gasteiger partial charge in [-0.15, -0.1) is 11.3 Å². The molecule has 0 bridgehead atoms. The molecule has 1 N–H and O–H groups in total. The van der Waals surface area contributed by atoms with Gasteiger partial charge in [0.2, 0.25) is 0 Å². The molecule has 0 aliphatic carbocycles. The second-order valence-electron chi connectivity index (χ2n) is 7.23. The van der Waals surface area contributed by atoms with E-state index in [0.717, 1.165) is 0 Å². The predicted molar refractivity (Wildman–Crippen MR) is 118 cm³/mol. The van der Waals surface area contributed by atoms with Crippen molar-refractivity contribution in [3.63, 3.8) is 0 Å². The van der Waals surface area contributed by atoms with Crippen LogP contribution in [-0.4, -0.2) is 46.8 Å². The van der Waals surface area contributed by atoms with Gasteiger partial charge in [0.1, 0.15) is 11.9 Å². The lowest BCUT2D eigenvalue weighted by molar-refractivity contribution is 0.0901. The highest BCUT2D eigenvalue weighted by Gasteiger charge is 2.45. The van der Waals surface area contributed by atoms with Crippen LogP contribution < -0.4 is 20.6 Å². The number of halogens is 1. The van der Waals surface area contributed by atoms with Crippen LogP contribution in [0.2, 0.25) is 4.34 Å². The fourth-order valence-electron chi connectivity index (χ4n) is 3.86. The number of thiophene rings is 1. The molecule has 11 heteroatoms. The van der Waals surface area contributed by atoms with Gasteiger partial charge in [-0.3, -0.25) is 14.3 Å². The van der Waals surface area contributed by atoms with Gasteiger partial charge in [0.15, 0.2) is 0 Å². The van der Waals surface area contributed by atoms with Crippen LogP contribution in [0.3, 0.4) is 0 Å². The first kappa shape index (κ1) is 20.5. The van der Waals surface area contributed by atoms with Crippen LogP contribution in [-0.2, 0) is 4.74 Å². The SMILES string of the molecule is O=C(NC[C@@H]1OC(=O)N2c3ccc(-n4cccnc4=O)cc3OCC[C@@H]12)c1ccc(Cl)s1. The van der Waals surface area contributed by atoms with Crippen LogP contribution in [0.4, 0.5) is 10.5 Å². The van der Waals surface area contributed by atoms with Crippen LogP contribution in [0, 0.1) is 0 Å². The molecule has 1 aromatic carbocycles. The largest absolute Gasteiger partial charge is 0.491 e. The fourth-order valence-corrected chi connectivity index (χ4v) is 4.82. The van der Waals surface area contributed by atoms with E-state index in [1.165, 1.54) is 22.1 Å². The molecule has 1 fully saturated rings. The number of hydrogen-bond acceptors (Lipinski definition) is 7. The predicted octanol–water partition coefficient (Wildman–Crippen LogP) is 2.85. The van der Waals surface area contributed by atoms with E-state index >= 15 is 0 Å². The van der Waals surface area contributed by atoms with E-state index in [1.807, 2.05) is 0 Å². The molecular weight excluding hydrogens is 456 g/mol. The second-order valence-corrected chi connectivity index (χ2v) is 8.95. The van der Waals surface area contributed by atoms with E-state index < -0.39 is 17.9 Å². The smallest absolute Gasteiger partial charge is 0.415 e. The molecule has 32 heavy (non-hydrogen) atoms. The molecule has 0 unspecified atom stereocenters. The summed E-state index contributed by atoms with van der Waals surface area (Å²) in [6.45, 7) is 0.515. The number of nitrogens with zero attached hydrogens (tertiary/aromatic N) is 3. The Morgan fingerprint density at radius 3 is 2.94 bits per heavy atom. The number of ether oxygens (including phenoxy) is 2. The van der Waals surface area contributed by atoms with Gasteiger partial charge in [0.05, 0.1) is 39.8 Å². The minimum absolute atomic E-state index is 0.166. The average molecular weight is 473 g/mol. The Bertz CT molecular complexity index is 1260. The minimum Gasteiger partial charge on any atom is -0.491 e. The summed E-state index contributed by atoms with van der Waals surface area (Å²) < 4.78 is 13.4. The molecule has 4 heterocycles. The van der Waals surface area contributed by atoms with E-state index in [-0.39, 0.29) is 18.5 Å². The summed E-state index contributed by atoms with van der Waals surface area (Å²) >= 11 is 7.08. The Hall–Kier alpha value is -3.37. The van der Waals surface area contributed by atoms with E-state index in [4.69, 9.17) is 21.1 Å². The molecule has 2 aliphatic rings. The number of rotatable bonds is 4. The fraction of sp³-hybridized carbons (Fsp3) is 0.238. The Balaban J connectivity index is 1.37. The maximum absolute atomic E-state index is 12.7. The van der Waals surface area contributed by atoms with Gasteiger partial charge in [-0.25, -0.2) is 14.6 Å². The summed E-state index contributed by atoms with van der Waals surface area (Å²) in [6, 6.07) is 9.80. The standard InChI is InChI=1S/C21H17ClN4O5S/c22-18-5-4-17(32-18)19(27)24-11-16-14-6-9-30-15-10-12(25-8-1-7-23-20(25)28)2-3-13(15)26(14)21(29)31-16/h1-5,7-8,10,14,16H,6,9,11H2,(H,24,27)/t14-,16-/m0/s1. The van der Waals surface area contributed by atoms with Crippen molar-refractivity contribution in [1.82, 2.24) is 14.9 Å².